The molecule has 2 aromatic rings. The predicted molar refractivity (Wildman–Crippen MR) is 88.2 cm³/mol. The van der Waals surface area contributed by atoms with E-state index in [1.165, 1.54) is 5.56 Å². The van der Waals surface area contributed by atoms with Gasteiger partial charge in [-0.05, 0) is 50.6 Å². The molecule has 22 heavy (non-hydrogen) atoms. The largest absolute Gasteiger partial charge is 0.321 e. The second kappa shape index (κ2) is 6.71. The van der Waals surface area contributed by atoms with Gasteiger partial charge in [0.15, 0.2) is 0 Å². The van der Waals surface area contributed by atoms with Crippen molar-refractivity contribution in [3.05, 3.63) is 59.4 Å². The van der Waals surface area contributed by atoms with Crippen molar-refractivity contribution in [3.63, 3.8) is 0 Å². The van der Waals surface area contributed by atoms with Gasteiger partial charge in [0.05, 0.1) is 0 Å². The van der Waals surface area contributed by atoms with E-state index in [2.05, 4.69) is 15.6 Å². The fourth-order valence-electron chi connectivity index (χ4n) is 2.74. The average molecular weight is 295 g/mol. The van der Waals surface area contributed by atoms with Gasteiger partial charge in [-0.25, -0.2) is 4.98 Å². The third kappa shape index (κ3) is 3.52. The number of nitrogens with zero attached hydrogens (tertiary/aromatic N) is 1. The van der Waals surface area contributed by atoms with Crippen molar-refractivity contribution < 1.29 is 4.79 Å². The first-order chi connectivity index (χ1) is 10.7. The molecule has 114 valence electrons. The topological polar surface area (TPSA) is 54.0 Å². The zero-order valence-electron chi connectivity index (χ0n) is 12.8. The highest BCUT2D eigenvalue weighted by molar-refractivity contribution is 6.02. The number of pyridine rings is 1. The standard InChI is InChI=1S/C18H21N3O/c1-13-7-9-15(10-8-13)20-18(22)17-6-2-5-16(21-17)14-4-3-11-19-12-14/h2,5-10,14,19H,3-4,11-12H2,1H3,(H,20,22)/t14-/m0/s1. The zero-order chi connectivity index (χ0) is 15.4. The molecule has 2 heterocycles. The van der Waals surface area contributed by atoms with Gasteiger partial charge in [-0.15, -0.1) is 0 Å². The summed E-state index contributed by atoms with van der Waals surface area (Å²) in [5, 5.41) is 6.29. The van der Waals surface area contributed by atoms with Crippen LogP contribution in [0.15, 0.2) is 42.5 Å². The van der Waals surface area contributed by atoms with E-state index in [-0.39, 0.29) is 5.91 Å². The van der Waals surface area contributed by atoms with Gasteiger partial charge in [-0.2, -0.15) is 0 Å². The molecule has 1 amide bonds. The lowest BCUT2D eigenvalue weighted by atomic mass is 9.95. The molecule has 1 aliphatic heterocycles. The molecule has 1 saturated heterocycles. The molecule has 1 fully saturated rings. The third-order valence-electron chi connectivity index (χ3n) is 4.03. The lowest BCUT2D eigenvalue weighted by Crippen LogP contribution is -2.29. The van der Waals surface area contributed by atoms with E-state index >= 15 is 0 Å². The van der Waals surface area contributed by atoms with Gasteiger partial charge in [0, 0.05) is 23.8 Å². The first kappa shape index (κ1) is 14.7. The van der Waals surface area contributed by atoms with E-state index < -0.39 is 0 Å². The molecule has 1 aliphatic rings. The highest BCUT2D eigenvalue weighted by atomic mass is 16.1. The molecule has 4 heteroatoms. The van der Waals surface area contributed by atoms with Crippen molar-refractivity contribution in [2.75, 3.05) is 18.4 Å². The molecule has 0 bridgehead atoms. The van der Waals surface area contributed by atoms with E-state index in [4.69, 9.17) is 0 Å². The highest BCUT2D eigenvalue weighted by Gasteiger charge is 2.18. The maximum absolute atomic E-state index is 12.3. The number of hydrogen-bond acceptors (Lipinski definition) is 3. The molecular weight excluding hydrogens is 274 g/mol. The van der Waals surface area contributed by atoms with Crippen LogP contribution in [0.3, 0.4) is 0 Å². The Labute approximate surface area is 131 Å². The van der Waals surface area contributed by atoms with Crippen LogP contribution in [-0.2, 0) is 0 Å². The Morgan fingerprint density at radius 3 is 2.77 bits per heavy atom. The number of rotatable bonds is 3. The molecule has 0 saturated carbocycles. The number of piperidine rings is 1. The molecule has 2 N–H and O–H groups in total. The summed E-state index contributed by atoms with van der Waals surface area (Å²) in [5.74, 6) is 0.246. The molecule has 1 atom stereocenters. The summed E-state index contributed by atoms with van der Waals surface area (Å²) in [5.41, 5.74) is 3.44. The van der Waals surface area contributed by atoms with E-state index in [1.54, 1.807) is 6.07 Å². The van der Waals surface area contributed by atoms with Crippen LogP contribution in [0.5, 0.6) is 0 Å². The fraction of sp³-hybridized carbons (Fsp3) is 0.333. The molecule has 0 aliphatic carbocycles. The molecule has 3 rings (SSSR count). The van der Waals surface area contributed by atoms with Gasteiger partial charge in [0.1, 0.15) is 5.69 Å². The molecule has 0 unspecified atom stereocenters. The van der Waals surface area contributed by atoms with Crippen molar-refractivity contribution in [2.45, 2.75) is 25.7 Å². The molecule has 1 aromatic heterocycles. The summed E-state index contributed by atoms with van der Waals surface area (Å²) in [4.78, 5) is 16.9. The fourth-order valence-corrected chi connectivity index (χ4v) is 2.74. The van der Waals surface area contributed by atoms with Crippen LogP contribution < -0.4 is 10.6 Å². The Hall–Kier alpha value is -2.20. The lowest BCUT2D eigenvalue weighted by molar-refractivity contribution is 0.102. The minimum Gasteiger partial charge on any atom is -0.321 e. The van der Waals surface area contributed by atoms with Crippen LogP contribution in [0.4, 0.5) is 5.69 Å². The van der Waals surface area contributed by atoms with Crippen LogP contribution in [-0.4, -0.2) is 24.0 Å². The summed E-state index contributed by atoms with van der Waals surface area (Å²) >= 11 is 0. The van der Waals surface area contributed by atoms with E-state index in [9.17, 15) is 4.79 Å². The van der Waals surface area contributed by atoms with Gasteiger partial charge in [0.25, 0.3) is 5.91 Å². The SMILES string of the molecule is Cc1ccc(NC(=O)c2cccc([C@H]3CCCNC3)n2)cc1. The second-order valence-electron chi connectivity index (χ2n) is 5.81. The first-order valence-corrected chi connectivity index (χ1v) is 7.78. The Balaban J connectivity index is 1.73. The van der Waals surface area contributed by atoms with Gasteiger partial charge in [0.2, 0.25) is 0 Å². The van der Waals surface area contributed by atoms with Crippen molar-refractivity contribution in [1.29, 1.82) is 0 Å². The summed E-state index contributed by atoms with van der Waals surface area (Å²) in [6, 6.07) is 13.5. The number of carbonyl (C=O) groups excluding carboxylic acids is 1. The third-order valence-corrected chi connectivity index (χ3v) is 4.03. The molecule has 0 radical (unpaired) electrons. The number of carbonyl (C=O) groups is 1. The summed E-state index contributed by atoms with van der Waals surface area (Å²) < 4.78 is 0. The molecule has 4 nitrogen and oxygen atoms in total. The maximum atomic E-state index is 12.3. The average Bonchev–Trinajstić information content (AvgIpc) is 2.58. The highest BCUT2D eigenvalue weighted by Crippen LogP contribution is 2.21. The van der Waals surface area contributed by atoms with E-state index in [0.29, 0.717) is 11.6 Å². The monoisotopic (exact) mass is 295 g/mol. The summed E-state index contributed by atoms with van der Waals surface area (Å²) in [6.45, 7) is 4.04. The number of anilines is 1. The second-order valence-corrected chi connectivity index (χ2v) is 5.81. The molecule has 1 aromatic carbocycles. The van der Waals surface area contributed by atoms with Crippen LogP contribution in [0.2, 0.25) is 0 Å². The van der Waals surface area contributed by atoms with Gasteiger partial charge >= 0.3 is 0 Å². The van der Waals surface area contributed by atoms with Crippen molar-refractivity contribution >= 4 is 11.6 Å². The van der Waals surface area contributed by atoms with Gasteiger partial charge < -0.3 is 10.6 Å². The molecule has 0 spiro atoms. The molecular formula is C18H21N3O. The number of nitrogens with one attached hydrogen (secondary N) is 2. The Bertz CT molecular complexity index is 646. The normalized spacial score (nSPS) is 18.0. The minimum atomic E-state index is -0.158. The maximum Gasteiger partial charge on any atom is 0.274 e. The number of amides is 1. The quantitative estimate of drug-likeness (QED) is 0.915. The van der Waals surface area contributed by atoms with Crippen LogP contribution in [0.25, 0.3) is 0 Å². The lowest BCUT2D eigenvalue weighted by Gasteiger charge is -2.22. The minimum absolute atomic E-state index is 0.158. The Morgan fingerprint density at radius 1 is 1.23 bits per heavy atom. The predicted octanol–water partition coefficient (Wildman–Crippen LogP) is 3.11. The van der Waals surface area contributed by atoms with Crippen molar-refractivity contribution in [3.8, 4) is 0 Å². The Kier molecular flexibility index (Phi) is 4.49. The number of aryl methyl sites for hydroxylation is 1. The summed E-state index contributed by atoms with van der Waals surface area (Å²) in [7, 11) is 0. The first-order valence-electron chi connectivity index (χ1n) is 7.78. The zero-order valence-corrected chi connectivity index (χ0v) is 12.8. The smallest absolute Gasteiger partial charge is 0.274 e. The number of benzene rings is 1. The number of aromatic nitrogens is 1. The van der Waals surface area contributed by atoms with Crippen LogP contribution in [0.1, 0.15) is 40.5 Å². The number of hydrogen-bond donors (Lipinski definition) is 2. The van der Waals surface area contributed by atoms with Crippen molar-refractivity contribution in [1.82, 2.24) is 10.3 Å². The Morgan fingerprint density at radius 2 is 2.05 bits per heavy atom. The van der Waals surface area contributed by atoms with E-state index in [0.717, 1.165) is 37.3 Å². The van der Waals surface area contributed by atoms with Gasteiger partial charge in [-0.3, -0.25) is 4.79 Å². The van der Waals surface area contributed by atoms with Crippen LogP contribution >= 0.6 is 0 Å². The van der Waals surface area contributed by atoms with Crippen LogP contribution in [0, 0.1) is 6.92 Å². The van der Waals surface area contributed by atoms with Gasteiger partial charge in [-0.1, -0.05) is 23.8 Å². The van der Waals surface area contributed by atoms with Crippen molar-refractivity contribution in [2.24, 2.45) is 0 Å². The van der Waals surface area contributed by atoms with E-state index in [1.807, 2.05) is 43.3 Å². The summed E-state index contributed by atoms with van der Waals surface area (Å²) in [6.07, 6.45) is 2.29.